The Bertz CT molecular complexity index is 298. The number of rotatable bonds is 3. The van der Waals surface area contributed by atoms with Crippen LogP contribution in [0, 0.1) is 18.3 Å². The summed E-state index contributed by atoms with van der Waals surface area (Å²) in [6.07, 6.45) is 1.28. The average molecular weight is 181 g/mol. The summed E-state index contributed by atoms with van der Waals surface area (Å²) in [4.78, 5) is 5.47. The molecule has 0 saturated carbocycles. The smallest absolute Gasteiger partial charge is 0.107 e. The first-order chi connectivity index (χ1) is 5.77. The third kappa shape index (κ3) is 2.03. The van der Waals surface area contributed by atoms with Gasteiger partial charge in [0.2, 0.25) is 0 Å². The molecule has 0 spiro atoms. The molecule has 4 heteroatoms. The quantitative estimate of drug-likeness (QED) is 0.757. The summed E-state index contributed by atoms with van der Waals surface area (Å²) in [5.74, 6) is 0. The Hall–Kier alpha value is -0.920. The number of nitriles is 1. The molecule has 2 N–H and O–H groups in total. The second-order valence-corrected chi connectivity index (χ2v) is 3.66. The van der Waals surface area contributed by atoms with Crippen molar-refractivity contribution in [1.29, 1.82) is 5.26 Å². The van der Waals surface area contributed by atoms with Gasteiger partial charge in [0.15, 0.2) is 0 Å². The van der Waals surface area contributed by atoms with E-state index in [1.165, 1.54) is 4.88 Å². The first-order valence-electron chi connectivity index (χ1n) is 3.80. The minimum atomic E-state index is 0.413. The van der Waals surface area contributed by atoms with Gasteiger partial charge < -0.3 is 5.73 Å². The van der Waals surface area contributed by atoms with E-state index in [0.29, 0.717) is 13.0 Å². The van der Waals surface area contributed by atoms with Crippen molar-refractivity contribution in [3.05, 3.63) is 15.6 Å². The van der Waals surface area contributed by atoms with E-state index in [1.807, 2.05) is 6.92 Å². The molecule has 1 aromatic heterocycles. The SMILES string of the molecule is Cc1nc(CC#N)sc1CCN. The van der Waals surface area contributed by atoms with Crippen LogP contribution in [0.1, 0.15) is 15.6 Å². The maximum Gasteiger partial charge on any atom is 0.107 e. The molecule has 0 unspecified atom stereocenters. The summed E-state index contributed by atoms with van der Waals surface area (Å²) in [5, 5.41) is 9.34. The highest BCUT2D eigenvalue weighted by atomic mass is 32.1. The van der Waals surface area contributed by atoms with Crippen LogP contribution in [0.15, 0.2) is 0 Å². The Morgan fingerprint density at radius 1 is 1.67 bits per heavy atom. The number of thiazole rings is 1. The molecule has 0 aliphatic heterocycles. The zero-order valence-electron chi connectivity index (χ0n) is 7.00. The van der Waals surface area contributed by atoms with Crippen molar-refractivity contribution in [2.75, 3.05) is 6.54 Å². The Morgan fingerprint density at radius 3 is 3.00 bits per heavy atom. The predicted octanol–water partition coefficient (Wildman–Crippen LogP) is 1.02. The lowest BCUT2D eigenvalue weighted by molar-refractivity contribution is 0.967. The molecule has 64 valence electrons. The van der Waals surface area contributed by atoms with E-state index in [-0.39, 0.29) is 0 Å². The third-order valence-corrected chi connectivity index (χ3v) is 2.76. The molecule has 0 atom stereocenters. The molecule has 0 bridgehead atoms. The molecule has 3 nitrogen and oxygen atoms in total. The number of nitrogens with two attached hydrogens (primary N) is 1. The van der Waals surface area contributed by atoms with E-state index >= 15 is 0 Å². The summed E-state index contributed by atoms with van der Waals surface area (Å²) >= 11 is 1.60. The molecule has 0 aromatic carbocycles. The van der Waals surface area contributed by atoms with Crippen LogP contribution in [0.5, 0.6) is 0 Å². The summed E-state index contributed by atoms with van der Waals surface area (Å²) in [6, 6.07) is 2.08. The van der Waals surface area contributed by atoms with Crippen LogP contribution in [0.25, 0.3) is 0 Å². The van der Waals surface area contributed by atoms with Gasteiger partial charge in [0, 0.05) is 4.88 Å². The maximum absolute atomic E-state index is 8.44. The lowest BCUT2D eigenvalue weighted by Crippen LogP contribution is -2.01. The highest BCUT2D eigenvalue weighted by Crippen LogP contribution is 2.18. The summed E-state index contributed by atoms with van der Waals surface area (Å²) < 4.78 is 0. The highest BCUT2D eigenvalue weighted by Gasteiger charge is 2.05. The molecular formula is C8H11N3S. The summed E-state index contributed by atoms with van der Waals surface area (Å²) in [7, 11) is 0. The Labute approximate surface area is 75.8 Å². The van der Waals surface area contributed by atoms with Gasteiger partial charge in [-0.05, 0) is 19.9 Å². The first-order valence-corrected chi connectivity index (χ1v) is 4.61. The molecule has 1 heterocycles. The molecule has 0 saturated heterocycles. The van der Waals surface area contributed by atoms with Gasteiger partial charge in [-0.25, -0.2) is 4.98 Å². The van der Waals surface area contributed by atoms with Crippen molar-refractivity contribution in [3.63, 3.8) is 0 Å². The normalized spacial score (nSPS) is 9.75. The largest absolute Gasteiger partial charge is 0.330 e. The molecule has 0 amide bonds. The van der Waals surface area contributed by atoms with E-state index in [9.17, 15) is 0 Å². The average Bonchev–Trinajstić information content (AvgIpc) is 2.34. The number of nitrogens with zero attached hydrogens (tertiary/aromatic N) is 2. The Morgan fingerprint density at radius 2 is 2.42 bits per heavy atom. The van der Waals surface area contributed by atoms with E-state index in [4.69, 9.17) is 11.0 Å². The van der Waals surface area contributed by atoms with Gasteiger partial charge in [0.05, 0.1) is 18.2 Å². The molecule has 0 aliphatic rings. The fraction of sp³-hybridized carbons (Fsp3) is 0.500. The minimum absolute atomic E-state index is 0.413. The van der Waals surface area contributed by atoms with Crippen molar-refractivity contribution in [2.45, 2.75) is 19.8 Å². The summed E-state index contributed by atoms with van der Waals surface area (Å²) in [5.41, 5.74) is 6.45. The van der Waals surface area contributed by atoms with Crippen LogP contribution < -0.4 is 5.73 Å². The fourth-order valence-corrected chi connectivity index (χ4v) is 2.01. The highest BCUT2D eigenvalue weighted by molar-refractivity contribution is 7.11. The van der Waals surface area contributed by atoms with E-state index in [0.717, 1.165) is 17.1 Å². The number of aryl methyl sites for hydroxylation is 1. The summed E-state index contributed by atoms with van der Waals surface area (Å²) in [6.45, 7) is 2.61. The lowest BCUT2D eigenvalue weighted by Gasteiger charge is -1.90. The molecule has 1 aromatic rings. The Balaban J connectivity index is 2.79. The zero-order valence-corrected chi connectivity index (χ0v) is 7.82. The molecule has 0 fully saturated rings. The van der Waals surface area contributed by atoms with Crippen molar-refractivity contribution in [2.24, 2.45) is 5.73 Å². The standard InChI is InChI=1S/C8H11N3S/c1-6-7(2-4-9)12-8(11-6)3-5-10/h2-4,9H2,1H3. The zero-order chi connectivity index (χ0) is 8.97. The van der Waals surface area contributed by atoms with Crippen LogP contribution in [0.3, 0.4) is 0 Å². The van der Waals surface area contributed by atoms with Crippen molar-refractivity contribution >= 4 is 11.3 Å². The van der Waals surface area contributed by atoms with Crippen LogP contribution in [0.4, 0.5) is 0 Å². The predicted molar refractivity (Wildman–Crippen MR) is 48.9 cm³/mol. The van der Waals surface area contributed by atoms with Crippen LogP contribution in [-0.4, -0.2) is 11.5 Å². The third-order valence-electron chi connectivity index (χ3n) is 1.54. The second-order valence-electron chi connectivity index (χ2n) is 2.49. The van der Waals surface area contributed by atoms with Crippen LogP contribution >= 0.6 is 11.3 Å². The molecule has 1 rings (SSSR count). The second kappa shape index (κ2) is 4.19. The molecule has 0 radical (unpaired) electrons. The van der Waals surface area contributed by atoms with E-state index in [2.05, 4.69) is 11.1 Å². The van der Waals surface area contributed by atoms with Gasteiger partial charge in [-0.2, -0.15) is 5.26 Å². The van der Waals surface area contributed by atoms with Crippen molar-refractivity contribution in [3.8, 4) is 6.07 Å². The van der Waals surface area contributed by atoms with Crippen LogP contribution in [-0.2, 0) is 12.8 Å². The van der Waals surface area contributed by atoms with E-state index < -0.39 is 0 Å². The fourth-order valence-electron chi connectivity index (χ4n) is 0.995. The number of hydrogen-bond acceptors (Lipinski definition) is 4. The van der Waals surface area contributed by atoms with Gasteiger partial charge in [0.1, 0.15) is 5.01 Å². The maximum atomic E-state index is 8.44. The van der Waals surface area contributed by atoms with Crippen LogP contribution in [0.2, 0.25) is 0 Å². The van der Waals surface area contributed by atoms with E-state index in [1.54, 1.807) is 11.3 Å². The molecule has 12 heavy (non-hydrogen) atoms. The topological polar surface area (TPSA) is 62.7 Å². The van der Waals surface area contributed by atoms with Gasteiger partial charge in [-0.3, -0.25) is 0 Å². The van der Waals surface area contributed by atoms with Gasteiger partial charge in [-0.1, -0.05) is 0 Å². The van der Waals surface area contributed by atoms with Crippen molar-refractivity contribution in [1.82, 2.24) is 4.98 Å². The number of hydrogen-bond donors (Lipinski definition) is 1. The Kier molecular flexibility index (Phi) is 3.20. The van der Waals surface area contributed by atoms with Crippen molar-refractivity contribution < 1.29 is 0 Å². The number of aromatic nitrogens is 1. The molecule has 0 aliphatic carbocycles. The lowest BCUT2D eigenvalue weighted by atomic mass is 10.3. The van der Waals surface area contributed by atoms with Gasteiger partial charge >= 0.3 is 0 Å². The monoisotopic (exact) mass is 181 g/mol. The minimum Gasteiger partial charge on any atom is -0.330 e. The van der Waals surface area contributed by atoms with Gasteiger partial charge in [0.25, 0.3) is 0 Å². The molecular weight excluding hydrogens is 170 g/mol. The van der Waals surface area contributed by atoms with Gasteiger partial charge in [-0.15, -0.1) is 11.3 Å². The first kappa shape index (κ1) is 9.17.